The molecule has 0 spiro atoms. The summed E-state index contributed by atoms with van der Waals surface area (Å²) in [5.41, 5.74) is 1.58. The third-order valence-electron chi connectivity index (χ3n) is 3.10. The molecule has 0 aromatic heterocycles. The number of carbonyl (C=O) groups excluding carboxylic acids is 1. The third-order valence-corrected chi connectivity index (χ3v) is 3.10. The number of methoxy groups -OCH3 is 1. The normalized spacial score (nSPS) is 11.7. The topological polar surface area (TPSA) is 55.8 Å². The lowest BCUT2D eigenvalue weighted by Crippen LogP contribution is -2.10. The van der Waals surface area contributed by atoms with Gasteiger partial charge in [0.2, 0.25) is 0 Å². The molecule has 21 heavy (non-hydrogen) atoms. The van der Waals surface area contributed by atoms with Gasteiger partial charge in [-0.15, -0.1) is 0 Å². The summed E-state index contributed by atoms with van der Waals surface area (Å²) in [6.45, 7) is 0.217. The zero-order valence-corrected chi connectivity index (χ0v) is 11.9. The Labute approximate surface area is 123 Å². The maximum absolute atomic E-state index is 11.7. The molecule has 0 bridgehead atoms. The molecule has 2 aromatic carbocycles. The number of aliphatic hydroxyl groups is 1. The molecule has 0 aliphatic rings. The van der Waals surface area contributed by atoms with Crippen molar-refractivity contribution < 1.29 is 19.4 Å². The molecule has 1 N–H and O–H groups in total. The summed E-state index contributed by atoms with van der Waals surface area (Å²) < 4.78 is 10.2. The summed E-state index contributed by atoms with van der Waals surface area (Å²) in [6.07, 6.45) is -0.946. The minimum Gasteiger partial charge on any atom is -0.497 e. The average Bonchev–Trinajstić information content (AvgIpc) is 2.54. The lowest BCUT2D eigenvalue weighted by molar-refractivity contribution is -0.147. The van der Waals surface area contributed by atoms with Gasteiger partial charge in [-0.05, 0) is 23.3 Å². The van der Waals surface area contributed by atoms with E-state index in [0.717, 1.165) is 5.56 Å². The summed E-state index contributed by atoms with van der Waals surface area (Å²) in [5.74, 6) is 0.278. The van der Waals surface area contributed by atoms with Crippen LogP contribution >= 0.6 is 0 Å². The number of hydrogen-bond donors (Lipinski definition) is 1. The second-order valence-electron chi connectivity index (χ2n) is 4.64. The molecule has 2 rings (SSSR count). The number of aliphatic hydroxyl groups excluding tert-OH is 1. The summed E-state index contributed by atoms with van der Waals surface area (Å²) in [5, 5.41) is 10.0. The monoisotopic (exact) mass is 286 g/mol. The Balaban J connectivity index is 1.83. The van der Waals surface area contributed by atoms with Crippen LogP contribution < -0.4 is 4.74 Å². The highest BCUT2D eigenvalue weighted by Crippen LogP contribution is 2.20. The molecule has 0 unspecified atom stereocenters. The zero-order valence-electron chi connectivity index (χ0n) is 11.9. The summed E-state index contributed by atoms with van der Waals surface area (Å²) in [6, 6.07) is 16.4. The van der Waals surface area contributed by atoms with E-state index in [2.05, 4.69) is 0 Å². The Kier molecular flexibility index (Phi) is 5.35. The molecule has 0 aliphatic heterocycles. The van der Waals surface area contributed by atoms with Gasteiger partial charge in [0.05, 0.1) is 19.6 Å². The highest BCUT2D eigenvalue weighted by atomic mass is 16.5. The number of esters is 1. The maximum atomic E-state index is 11.7. The molecular weight excluding hydrogens is 268 g/mol. The van der Waals surface area contributed by atoms with Crippen LogP contribution in [0.25, 0.3) is 0 Å². The Morgan fingerprint density at radius 2 is 1.76 bits per heavy atom. The lowest BCUT2D eigenvalue weighted by atomic mass is 10.1. The van der Waals surface area contributed by atoms with E-state index in [9.17, 15) is 9.90 Å². The predicted molar refractivity (Wildman–Crippen MR) is 78.8 cm³/mol. The summed E-state index contributed by atoms with van der Waals surface area (Å²) >= 11 is 0. The third kappa shape index (κ3) is 4.61. The van der Waals surface area contributed by atoms with Crippen LogP contribution in [0.3, 0.4) is 0 Å². The SMILES string of the molecule is COc1ccc([C@H](O)CC(=O)OCc2ccccc2)cc1. The van der Waals surface area contributed by atoms with Crippen molar-refractivity contribution in [3.8, 4) is 5.75 Å². The highest BCUT2D eigenvalue weighted by molar-refractivity contribution is 5.70. The van der Waals surface area contributed by atoms with E-state index in [1.165, 1.54) is 0 Å². The van der Waals surface area contributed by atoms with Crippen LogP contribution in [0.5, 0.6) is 5.75 Å². The second-order valence-corrected chi connectivity index (χ2v) is 4.64. The first-order valence-corrected chi connectivity index (χ1v) is 6.70. The number of benzene rings is 2. The molecule has 0 saturated heterocycles. The maximum Gasteiger partial charge on any atom is 0.309 e. The molecular formula is C17H18O4. The van der Waals surface area contributed by atoms with Gasteiger partial charge in [-0.25, -0.2) is 0 Å². The van der Waals surface area contributed by atoms with Crippen LogP contribution in [0.1, 0.15) is 23.7 Å². The van der Waals surface area contributed by atoms with Gasteiger partial charge in [-0.2, -0.15) is 0 Å². The molecule has 2 aromatic rings. The van der Waals surface area contributed by atoms with Gasteiger partial charge < -0.3 is 14.6 Å². The first-order valence-electron chi connectivity index (χ1n) is 6.70. The predicted octanol–water partition coefficient (Wildman–Crippen LogP) is 2.86. The molecule has 1 atom stereocenters. The Bertz CT molecular complexity index is 563. The molecule has 110 valence electrons. The lowest BCUT2D eigenvalue weighted by Gasteiger charge is -2.11. The number of rotatable bonds is 6. The van der Waals surface area contributed by atoms with Crippen LogP contribution in [0.15, 0.2) is 54.6 Å². The van der Waals surface area contributed by atoms with Gasteiger partial charge in [-0.1, -0.05) is 42.5 Å². The van der Waals surface area contributed by atoms with Crippen LogP contribution in [-0.4, -0.2) is 18.2 Å². The minimum atomic E-state index is -0.876. The van der Waals surface area contributed by atoms with Crippen LogP contribution in [0.4, 0.5) is 0 Å². The van der Waals surface area contributed by atoms with Gasteiger partial charge in [0.15, 0.2) is 0 Å². The van der Waals surface area contributed by atoms with Crippen molar-refractivity contribution in [3.05, 3.63) is 65.7 Å². The van der Waals surface area contributed by atoms with E-state index in [0.29, 0.717) is 11.3 Å². The molecule has 0 heterocycles. The largest absolute Gasteiger partial charge is 0.497 e. The van der Waals surface area contributed by atoms with Gasteiger partial charge >= 0.3 is 5.97 Å². The molecule has 0 fully saturated rings. The number of ether oxygens (including phenoxy) is 2. The molecule has 4 heteroatoms. The van der Waals surface area contributed by atoms with Crippen LogP contribution in [0.2, 0.25) is 0 Å². The fourth-order valence-electron chi connectivity index (χ4n) is 1.90. The fraction of sp³-hybridized carbons (Fsp3) is 0.235. The van der Waals surface area contributed by atoms with E-state index in [-0.39, 0.29) is 13.0 Å². The molecule has 0 amide bonds. The van der Waals surface area contributed by atoms with Crippen molar-refractivity contribution in [2.75, 3.05) is 7.11 Å². The zero-order chi connectivity index (χ0) is 15.1. The molecule has 0 saturated carbocycles. The average molecular weight is 286 g/mol. The van der Waals surface area contributed by atoms with E-state index in [1.807, 2.05) is 30.3 Å². The van der Waals surface area contributed by atoms with Gasteiger partial charge in [-0.3, -0.25) is 4.79 Å². The number of carbonyl (C=O) groups is 1. The fourth-order valence-corrected chi connectivity index (χ4v) is 1.90. The van der Waals surface area contributed by atoms with Gasteiger partial charge in [0, 0.05) is 0 Å². The van der Waals surface area contributed by atoms with Crippen LogP contribution in [0, 0.1) is 0 Å². The van der Waals surface area contributed by atoms with Crippen molar-refractivity contribution in [2.24, 2.45) is 0 Å². The molecule has 4 nitrogen and oxygen atoms in total. The first kappa shape index (κ1) is 15.1. The molecule has 0 radical (unpaired) electrons. The van der Waals surface area contributed by atoms with E-state index >= 15 is 0 Å². The summed E-state index contributed by atoms with van der Waals surface area (Å²) in [7, 11) is 1.58. The van der Waals surface area contributed by atoms with Crippen molar-refractivity contribution in [1.82, 2.24) is 0 Å². The van der Waals surface area contributed by atoms with E-state index in [4.69, 9.17) is 9.47 Å². The summed E-state index contributed by atoms with van der Waals surface area (Å²) in [4.78, 5) is 11.7. The highest BCUT2D eigenvalue weighted by Gasteiger charge is 2.14. The van der Waals surface area contributed by atoms with Crippen molar-refractivity contribution in [2.45, 2.75) is 19.1 Å². The van der Waals surface area contributed by atoms with Crippen molar-refractivity contribution in [3.63, 3.8) is 0 Å². The standard InChI is InChI=1S/C17H18O4/c1-20-15-9-7-14(8-10-15)16(18)11-17(19)21-12-13-5-3-2-4-6-13/h2-10,16,18H,11-12H2,1H3/t16-/m1/s1. The Hall–Kier alpha value is -2.33. The van der Waals surface area contributed by atoms with Crippen molar-refractivity contribution >= 4 is 5.97 Å². The number of hydrogen-bond acceptors (Lipinski definition) is 4. The van der Waals surface area contributed by atoms with Crippen molar-refractivity contribution in [1.29, 1.82) is 0 Å². The van der Waals surface area contributed by atoms with Gasteiger partial charge in [0.25, 0.3) is 0 Å². The molecule has 0 aliphatic carbocycles. The van der Waals surface area contributed by atoms with E-state index < -0.39 is 12.1 Å². The van der Waals surface area contributed by atoms with Gasteiger partial charge in [0.1, 0.15) is 12.4 Å². The smallest absolute Gasteiger partial charge is 0.309 e. The second kappa shape index (κ2) is 7.45. The quantitative estimate of drug-likeness (QED) is 0.830. The van der Waals surface area contributed by atoms with E-state index in [1.54, 1.807) is 31.4 Å². The van der Waals surface area contributed by atoms with Crippen LogP contribution in [-0.2, 0) is 16.1 Å². The Morgan fingerprint density at radius 3 is 2.38 bits per heavy atom. The first-order chi connectivity index (χ1) is 10.2. The minimum absolute atomic E-state index is 0.0703. The Morgan fingerprint density at radius 1 is 1.10 bits per heavy atom.